The third kappa shape index (κ3) is 5.07. The van der Waals surface area contributed by atoms with Crippen molar-refractivity contribution in [3.63, 3.8) is 0 Å². The van der Waals surface area contributed by atoms with Gasteiger partial charge in [-0.25, -0.2) is 4.79 Å². The SMILES string of the molecule is CC(=O)O[C@H]1CC[C@H](ON=C(C(C)=O)C(=O)O)CC1. The van der Waals surface area contributed by atoms with Crippen molar-refractivity contribution in [2.45, 2.75) is 51.7 Å². The highest BCUT2D eigenvalue weighted by Gasteiger charge is 2.25. The number of carbonyl (C=O) groups excluding carboxylic acids is 2. The molecule has 0 atom stereocenters. The molecule has 1 aliphatic rings. The van der Waals surface area contributed by atoms with Crippen LogP contribution in [0.15, 0.2) is 5.16 Å². The van der Waals surface area contributed by atoms with Crippen molar-refractivity contribution < 1.29 is 29.1 Å². The minimum atomic E-state index is -1.40. The van der Waals surface area contributed by atoms with Crippen molar-refractivity contribution in [2.75, 3.05) is 0 Å². The molecule has 7 nitrogen and oxygen atoms in total. The zero-order valence-corrected chi connectivity index (χ0v) is 10.9. The Bertz CT molecular complexity index is 379. The Balaban J connectivity index is 2.44. The van der Waals surface area contributed by atoms with Gasteiger partial charge in [0.05, 0.1) is 0 Å². The summed E-state index contributed by atoms with van der Waals surface area (Å²) in [6.45, 7) is 2.48. The maximum Gasteiger partial charge on any atom is 0.361 e. The molecule has 1 fully saturated rings. The number of nitrogens with zero attached hydrogens (tertiary/aromatic N) is 1. The van der Waals surface area contributed by atoms with Crippen LogP contribution in [-0.2, 0) is 24.0 Å². The number of ether oxygens (including phenoxy) is 1. The summed E-state index contributed by atoms with van der Waals surface area (Å²) in [6.07, 6.45) is 2.12. The number of rotatable bonds is 5. The van der Waals surface area contributed by atoms with E-state index in [9.17, 15) is 14.4 Å². The van der Waals surface area contributed by atoms with E-state index >= 15 is 0 Å². The minimum Gasteiger partial charge on any atom is -0.476 e. The third-order valence-corrected chi connectivity index (χ3v) is 2.78. The Morgan fingerprint density at radius 1 is 1.05 bits per heavy atom. The molecule has 0 spiro atoms. The number of oxime groups is 1. The van der Waals surface area contributed by atoms with Gasteiger partial charge in [-0.2, -0.15) is 0 Å². The molecule has 0 aromatic carbocycles. The predicted molar refractivity (Wildman–Crippen MR) is 64.6 cm³/mol. The van der Waals surface area contributed by atoms with Gasteiger partial charge in [0.2, 0.25) is 5.71 Å². The van der Waals surface area contributed by atoms with Crippen LogP contribution >= 0.6 is 0 Å². The van der Waals surface area contributed by atoms with Gasteiger partial charge in [-0.1, -0.05) is 5.16 Å². The summed E-state index contributed by atoms with van der Waals surface area (Å²) >= 11 is 0. The average molecular weight is 271 g/mol. The van der Waals surface area contributed by atoms with Crippen LogP contribution in [0, 0.1) is 0 Å². The highest BCUT2D eigenvalue weighted by molar-refractivity contribution is 6.63. The first-order valence-corrected chi connectivity index (χ1v) is 6.05. The molecule has 0 amide bonds. The Hall–Kier alpha value is -1.92. The molecule has 1 N–H and O–H groups in total. The van der Waals surface area contributed by atoms with Gasteiger partial charge in [-0.05, 0) is 25.7 Å². The molecule has 106 valence electrons. The highest BCUT2D eigenvalue weighted by Crippen LogP contribution is 2.23. The monoisotopic (exact) mass is 271 g/mol. The molecule has 0 aromatic rings. The molecular weight excluding hydrogens is 254 g/mol. The fourth-order valence-corrected chi connectivity index (χ4v) is 1.87. The van der Waals surface area contributed by atoms with Crippen LogP contribution in [0.1, 0.15) is 39.5 Å². The Morgan fingerprint density at radius 3 is 2.00 bits per heavy atom. The van der Waals surface area contributed by atoms with Crippen molar-refractivity contribution in [1.29, 1.82) is 0 Å². The van der Waals surface area contributed by atoms with E-state index in [-0.39, 0.29) is 18.2 Å². The maximum absolute atomic E-state index is 11.0. The van der Waals surface area contributed by atoms with Crippen molar-refractivity contribution in [3.05, 3.63) is 0 Å². The van der Waals surface area contributed by atoms with Gasteiger partial charge in [-0.15, -0.1) is 0 Å². The molecule has 1 aliphatic carbocycles. The first-order valence-electron chi connectivity index (χ1n) is 6.05. The van der Waals surface area contributed by atoms with Gasteiger partial charge < -0.3 is 14.7 Å². The van der Waals surface area contributed by atoms with Crippen LogP contribution < -0.4 is 0 Å². The second-order valence-corrected chi connectivity index (χ2v) is 4.41. The summed E-state index contributed by atoms with van der Waals surface area (Å²) in [6, 6.07) is 0. The summed E-state index contributed by atoms with van der Waals surface area (Å²) < 4.78 is 5.06. The van der Waals surface area contributed by atoms with E-state index in [0.29, 0.717) is 25.7 Å². The number of hydrogen-bond acceptors (Lipinski definition) is 6. The number of carboxylic acids is 1. The van der Waals surface area contributed by atoms with Gasteiger partial charge in [0.1, 0.15) is 12.2 Å². The molecule has 1 saturated carbocycles. The molecule has 19 heavy (non-hydrogen) atoms. The van der Waals surface area contributed by atoms with Crippen molar-refractivity contribution in [3.8, 4) is 0 Å². The summed E-state index contributed by atoms with van der Waals surface area (Å²) in [7, 11) is 0. The lowest BCUT2D eigenvalue weighted by molar-refractivity contribution is -0.149. The van der Waals surface area contributed by atoms with Crippen molar-refractivity contribution in [1.82, 2.24) is 0 Å². The van der Waals surface area contributed by atoms with Crippen LogP contribution in [0.2, 0.25) is 0 Å². The maximum atomic E-state index is 11.0. The molecule has 0 heterocycles. The van der Waals surface area contributed by atoms with E-state index in [4.69, 9.17) is 14.7 Å². The lowest BCUT2D eigenvalue weighted by Crippen LogP contribution is -2.28. The lowest BCUT2D eigenvalue weighted by atomic mass is 9.95. The van der Waals surface area contributed by atoms with Crippen molar-refractivity contribution in [2.24, 2.45) is 5.16 Å². The number of Topliss-reactive ketones (excluding diaryl/α,β-unsaturated/α-hetero) is 1. The second-order valence-electron chi connectivity index (χ2n) is 4.41. The van der Waals surface area contributed by atoms with E-state index in [0.717, 1.165) is 6.92 Å². The summed E-state index contributed by atoms with van der Waals surface area (Å²) in [5.74, 6) is -2.37. The first kappa shape index (κ1) is 15.1. The second kappa shape index (κ2) is 6.86. The van der Waals surface area contributed by atoms with Crippen LogP contribution in [0.25, 0.3) is 0 Å². The predicted octanol–water partition coefficient (Wildman–Crippen LogP) is 0.907. The van der Waals surface area contributed by atoms with E-state index in [1.807, 2.05) is 0 Å². The Labute approximate surface area is 110 Å². The quantitative estimate of drug-likeness (QED) is 0.345. The van der Waals surface area contributed by atoms with E-state index in [1.54, 1.807) is 0 Å². The van der Waals surface area contributed by atoms with Gasteiger partial charge >= 0.3 is 11.9 Å². The summed E-state index contributed by atoms with van der Waals surface area (Å²) in [5.41, 5.74) is -0.609. The molecule has 1 rings (SSSR count). The number of esters is 1. The lowest BCUT2D eigenvalue weighted by Gasteiger charge is -2.26. The number of carboxylic acid groups (broad SMARTS) is 1. The van der Waals surface area contributed by atoms with Crippen LogP contribution in [-0.4, -0.2) is 40.7 Å². The number of carbonyl (C=O) groups is 3. The molecule has 0 unspecified atom stereocenters. The fourth-order valence-electron chi connectivity index (χ4n) is 1.87. The molecule has 7 heteroatoms. The van der Waals surface area contributed by atoms with E-state index in [2.05, 4.69) is 5.16 Å². The summed E-state index contributed by atoms with van der Waals surface area (Å²) in [4.78, 5) is 37.5. The van der Waals surface area contributed by atoms with Crippen molar-refractivity contribution >= 4 is 23.4 Å². The molecular formula is C12H17NO6. The third-order valence-electron chi connectivity index (χ3n) is 2.78. The number of hydrogen-bond donors (Lipinski definition) is 1. The van der Waals surface area contributed by atoms with Gasteiger partial charge in [-0.3, -0.25) is 9.59 Å². The van der Waals surface area contributed by atoms with Gasteiger partial charge in [0.15, 0.2) is 5.78 Å². The van der Waals surface area contributed by atoms with E-state index in [1.165, 1.54) is 6.92 Å². The number of aliphatic carboxylic acids is 1. The number of ketones is 1. The zero-order chi connectivity index (χ0) is 14.4. The minimum absolute atomic E-state index is 0.118. The van der Waals surface area contributed by atoms with Crippen LogP contribution in [0.5, 0.6) is 0 Å². The topological polar surface area (TPSA) is 102 Å². The van der Waals surface area contributed by atoms with E-state index < -0.39 is 17.5 Å². The average Bonchev–Trinajstić information content (AvgIpc) is 2.29. The fraction of sp³-hybridized carbons (Fsp3) is 0.667. The van der Waals surface area contributed by atoms with Gasteiger partial charge in [0, 0.05) is 13.8 Å². The van der Waals surface area contributed by atoms with Crippen LogP contribution in [0.4, 0.5) is 0 Å². The Morgan fingerprint density at radius 2 is 1.58 bits per heavy atom. The summed E-state index contributed by atoms with van der Waals surface area (Å²) in [5, 5.41) is 12.1. The first-order chi connectivity index (χ1) is 8.90. The largest absolute Gasteiger partial charge is 0.476 e. The highest BCUT2D eigenvalue weighted by atomic mass is 16.6. The normalized spacial score (nSPS) is 23.6. The van der Waals surface area contributed by atoms with Crippen LogP contribution in [0.3, 0.4) is 0 Å². The Kier molecular flexibility index (Phi) is 5.47. The molecule has 0 aromatic heterocycles. The molecule has 0 aliphatic heterocycles. The molecule has 0 radical (unpaired) electrons. The zero-order valence-electron chi connectivity index (χ0n) is 10.9. The smallest absolute Gasteiger partial charge is 0.361 e. The standard InChI is InChI=1S/C12H17NO6/c1-7(14)11(12(16)17)13-19-10-5-3-9(4-6-10)18-8(2)15/h9-10H,3-6H2,1-2H3,(H,16,17)/t9-,10-. The van der Waals surface area contributed by atoms with Gasteiger partial charge in [0.25, 0.3) is 0 Å². The molecule has 0 saturated heterocycles. The molecule has 0 bridgehead atoms.